The molecule has 1 heterocycles. The Morgan fingerprint density at radius 1 is 1.35 bits per heavy atom. The number of hydrogen-bond donors (Lipinski definition) is 0. The van der Waals surface area contributed by atoms with Crippen molar-refractivity contribution in [3.05, 3.63) is 41.2 Å². The first-order valence-electron chi connectivity index (χ1n) is 6.84. The number of hydrogen-bond acceptors (Lipinski definition) is 3. The topological polar surface area (TPSA) is 39.4 Å². The lowest BCUT2D eigenvalue weighted by Crippen LogP contribution is -2.05. The molecule has 0 aliphatic carbocycles. The molecule has 106 valence electrons. The lowest BCUT2D eigenvalue weighted by atomic mass is 9.99. The molecule has 20 heavy (non-hydrogen) atoms. The number of carbonyl (C=O) groups is 1. The first-order valence-corrected chi connectivity index (χ1v) is 6.84. The molecule has 0 aliphatic rings. The van der Waals surface area contributed by atoms with Crippen molar-refractivity contribution < 1.29 is 13.9 Å². The van der Waals surface area contributed by atoms with E-state index in [4.69, 9.17) is 9.15 Å². The van der Waals surface area contributed by atoms with Crippen LogP contribution < -0.4 is 4.74 Å². The van der Waals surface area contributed by atoms with E-state index in [1.807, 2.05) is 26.8 Å². The average molecular weight is 272 g/mol. The molecule has 2 rings (SSSR count). The lowest BCUT2D eigenvalue weighted by molar-refractivity contribution is -0.131. The number of ether oxygens (including phenoxy) is 1. The molecule has 0 atom stereocenters. The molecule has 0 saturated carbocycles. The van der Waals surface area contributed by atoms with Crippen LogP contribution in [0.15, 0.2) is 28.9 Å². The summed E-state index contributed by atoms with van der Waals surface area (Å²) in [5.74, 6) is 0.253. The van der Waals surface area contributed by atoms with Gasteiger partial charge in [0.15, 0.2) is 11.3 Å². The number of rotatable bonds is 4. The quantitative estimate of drug-likeness (QED) is 0.468. The molecule has 0 radical (unpaired) electrons. The van der Waals surface area contributed by atoms with E-state index >= 15 is 0 Å². The van der Waals surface area contributed by atoms with E-state index in [9.17, 15) is 4.79 Å². The van der Waals surface area contributed by atoms with Crippen molar-refractivity contribution in [3.63, 3.8) is 0 Å². The number of allylic oxidation sites excluding steroid dienone is 2. The number of aryl methyl sites for hydroxylation is 2. The summed E-state index contributed by atoms with van der Waals surface area (Å²) in [4.78, 5) is 11.4. The maximum atomic E-state index is 11.4. The van der Waals surface area contributed by atoms with Crippen LogP contribution in [-0.2, 0) is 11.2 Å². The van der Waals surface area contributed by atoms with Gasteiger partial charge in [-0.2, -0.15) is 0 Å². The van der Waals surface area contributed by atoms with Gasteiger partial charge in [-0.15, -0.1) is 0 Å². The highest BCUT2D eigenvalue weighted by atomic mass is 16.5. The molecule has 0 saturated heterocycles. The fourth-order valence-corrected chi connectivity index (χ4v) is 2.39. The van der Waals surface area contributed by atoms with Crippen LogP contribution in [-0.4, -0.2) is 5.97 Å². The van der Waals surface area contributed by atoms with E-state index < -0.39 is 0 Å². The molecule has 3 heteroatoms. The summed E-state index contributed by atoms with van der Waals surface area (Å²) in [7, 11) is 0. The maximum absolute atomic E-state index is 11.4. The highest BCUT2D eigenvalue weighted by Crippen LogP contribution is 2.36. The Morgan fingerprint density at radius 3 is 2.75 bits per heavy atom. The van der Waals surface area contributed by atoms with E-state index in [2.05, 4.69) is 12.1 Å². The molecule has 0 amide bonds. The van der Waals surface area contributed by atoms with E-state index in [1.54, 1.807) is 6.26 Å². The van der Waals surface area contributed by atoms with Crippen molar-refractivity contribution in [2.75, 3.05) is 0 Å². The first-order chi connectivity index (χ1) is 9.54. The second-order valence-electron chi connectivity index (χ2n) is 5.00. The molecule has 1 aromatic heterocycles. The standard InChI is InChI=1S/C17H20O3/c1-5-6-7-8-14-11(2)9-15-12(3)10-19-16(15)17(14)20-13(4)18/h5-6,9-10H,7-8H2,1-4H3/b6-5+. The zero-order valence-electron chi connectivity index (χ0n) is 12.4. The molecule has 0 N–H and O–H groups in total. The van der Waals surface area contributed by atoms with Gasteiger partial charge in [-0.25, -0.2) is 0 Å². The second kappa shape index (κ2) is 5.95. The molecule has 0 bridgehead atoms. The van der Waals surface area contributed by atoms with Gasteiger partial charge >= 0.3 is 5.97 Å². The minimum absolute atomic E-state index is 0.321. The normalized spacial score (nSPS) is 11.4. The van der Waals surface area contributed by atoms with Crippen LogP contribution in [0.4, 0.5) is 0 Å². The largest absolute Gasteiger partial charge is 0.460 e. The van der Waals surface area contributed by atoms with E-state index in [0.29, 0.717) is 11.3 Å². The molecule has 0 fully saturated rings. The Labute approximate surface area is 119 Å². The Hall–Kier alpha value is -2.03. The molecule has 3 nitrogen and oxygen atoms in total. The van der Waals surface area contributed by atoms with Crippen molar-refractivity contribution in [2.45, 2.75) is 40.5 Å². The molecule has 2 aromatic rings. The molecular weight excluding hydrogens is 252 g/mol. The van der Waals surface area contributed by atoms with Crippen molar-refractivity contribution in [1.82, 2.24) is 0 Å². The Balaban J connectivity index is 2.57. The van der Waals surface area contributed by atoms with Crippen LogP contribution in [0.1, 0.15) is 37.0 Å². The SMILES string of the molecule is C/C=C/CCc1c(C)cc2c(C)coc2c1OC(C)=O. The highest BCUT2D eigenvalue weighted by Gasteiger charge is 2.17. The number of carbonyl (C=O) groups excluding carboxylic acids is 1. The minimum Gasteiger partial charge on any atom is -0.460 e. The fraction of sp³-hybridized carbons (Fsp3) is 0.353. The first kappa shape index (κ1) is 14.4. The third-order valence-corrected chi connectivity index (χ3v) is 3.38. The summed E-state index contributed by atoms with van der Waals surface area (Å²) in [5, 5.41) is 1.01. The van der Waals surface area contributed by atoms with Gasteiger partial charge in [0.1, 0.15) is 0 Å². The smallest absolute Gasteiger partial charge is 0.308 e. The third-order valence-electron chi connectivity index (χ3n) is 3.38. The molecule has 0 aliphatic heterocycles. The van der Waals surface area contributed by atoms with Gasteiger partial charge in [-0.1, -0.05) is 12.2 Å². The third kappa shape index (κ3) is 2.77. The van der Waals surface area contributed by atoms with E-state index in [0.717, 1.165) is 34.9 Å². The Kier molecular flexibility index (Phi) is 4.28. The zero-order valence-corrected chi connectivity index (χ0v) is 12.4. The minimum atomic E-state index is -0.321. The lowest BCUT2D eigenvalue weighted by Gasteiger charge is -2.12. The van der Waals surface area contributed by atoms with Crippen molar-refractivity contribution in [1.29, 1.82) is 0 Å². The van der Waals surface area contributed by atoms with Crippen LogP contribution in [0.25, 0.3) is 11.0 Å². The fourth-order valence-electron chi connectivity index (χ4n) is 2.39. The van der Waals surface area contributed by atoms with Gasteiger partial charge < -0.3 is 9.15 Å². The Bertz CT molecular complexity index is 662. The van der Waals surface area contributed by atoms with Crippen LogP contribution in [0.2, 0.25) is 0 Å². The second-order valence-corrected chi connectivity index (χ2v) is 5.00. The molecule has 1 aromatic carbocycles. The summed E-state index contributed by atoms with van der Waals surface area (Å²) in [6.07, 6.45) is 7.57. The monoisotopic (exact) mass is 272 g/mol. The Morgan fingerprint density at radius 2 is 2.10 bits per heavy atom. The summed E-state index contributed by atoms with van der Waals surface area (Å²) in [5.41, 5.74) is 3.89. The summed E-state index contributed by atoms with van der Waals surface area (Å²) < 4.78 is 11.0. The number of furan rings is 1. The predicted octanol–water partition coefficient (Wildman–Crippen LogP) is 4.48. The van der Waals surface area contributed by atoms with Gasteiger partial charge in [0.05, 0.1) is 6.26 Å². The van der Waals surface area contributed by atoms with Gasteiger partial charge in [0.2, 0.25) is 0 Å². The predicted molar refractivity (Wildman–Crippen MR) is 80.1 cm³/mol. The van der Waals surface area contributed by atoms with Crippen LogP contribution in [0, 0.1) is 13.8 Å². The highest BCUT2D eigenvalue weighted by molar-refractivity contribution is 5.90. The average Bonchev–Trinajstić information content (AvgIpc) is 2.74. The maximum Gasteiger partial charge on any atom is 0.308 e. The number of benzene rings is 1. The molecule has 0 unspecified atom stereocenters. The summed E-state index contributed by atoms with van der Waals surface area (Å²) in [6.45, 7) is 7.45. The zero-order chi connectivity index (χ0) is 14.7. The van der Waals surface area contributed by atoms with Gasteiger partial charge in [-0.05, 0) is 50.8 Å². The van der Waals surface area contributed by atoms with Crippen molar-refractivity contribution >= 4 is 16.9 Å². The van der Waals surface area contributed by atoms with Gasteiger partial charge in [-0.3, -0.25) is 4.79 Å². The summed E-state index contributed by atoms with van der Waals surface area (Å²) in [6, 6.07) is 2.10. The van der Waals surface area contributed by atoms with Crippen molar-refractivity contribution in [3.8, 4) is 5.75 Å². The number of fused-ring (bicyclic) bond motifs is 1. The summed E-state index contributed by atoms with van der Waals surface area (Å²) >= 11 is 0. The van der Waals surface area contributed by atoms with Crippen LogP contribution in [0.3, 0.4) is 0 Å². The molecular formula is C17H20O3. The van der Waals surface area contributed by atoms with Gasteiger partial charge in [0.25, 0.3) is 0 Å². The van der Waals surface area contributed by atoms with Crippen LogP contribution in [0.5, 0.6) is 5.75 Å². The van der Waals surface area contributed by atoms with E-state index in [1.165, 1.54) is 6.92 Å². The van der Waals surface area contributed by atoms with Gasteiger partial charge in [0, 0.05) is 17.9 Å². The van der Waals surface area contributed by atoms with Crippen LogP contribution >= 0.6 is 0 Å². The molecule has 0 spiro atoms. The number of esters is 1. The van der Waals surface area contributed by atoms with E-state index in [-0.39, 0.29) is 5.97 Å². The van der Waals surface area contributed by atoms with Crippen molar-refractivity contribution in [2.24, 2.45) is 0 Å².